The normalized spacial score (nSPS) is 17.4. The van der Waals surface area contributed by atoms with Crippen molar-refractivity contribution in [2.24, 2.45) is 5.73 Å². The molecule has 0 unspecified atom stereocenters. The highest BCUT2D eigenvalue weighted by Gasteiger charge is 2.45. The summed E-state index contributed by atoms with van der Waals surface area (Å²) in [5.41, 5.74) is 5.11. The van der Waals surface area contributed by atoms with Gasteiger partial charge in [-0.25, -0.2) is 9.59 Å². The lowest BCUT2D eigenvalue weighted by Crippen LogP contribution is -2.26. The maximum Gasteiger partial charge on any atom is 0.339 e. The summed E-state index contributed by atoms with van der Waals surface area (Å²) in [5.74, 6) is -1.13. The molecule has 1 saturated carbocycles. The van der Waals surface area contributed by atoms with Crippen LogP contribution in [0.3, 0.4) is 0 Å². The molecule has 1 aliphatic rings. The molecule has 1 aromatic heterocycles. The zero-order valence-corrected chi connectivity index (χ0v) is 8.15. The third-order valence-corrected chi connectivity index (χ3v) is 2.70. The first-order valence-corrected chi connectivity index (χ1v) is 4.50. The average molecular weight is 208 g/mol. The van der Waals surface area contributed by atoms with Gasteiger partial charge in [-0.05, 0) is 12.8 Å². The molecular weight excluding hydrogens is 198 g/mol. The molecule has 0 aromatic carbocycles. The van der Waals surface area contributed by atoms with Crippen molar-refractivity contribution in [1.82, 2.24) is 9.78 Å². The fourth-order valence-electron chi connectivity index (χ4n) is 1.60. The van der Waals surface area contributed by atoms with E-state index in [9.17, 15) is 9.59 Å². The third kappa shape index (κ3) is 1.38. The van der Waals surface area contributed by atoms with E-state index in [4.69, 9.17) is 10.8 Å². The van der Waals surface area contributed by atoms with Crippen LogP contribution < -0.4 is 5.73 Å². The Hall–Kier alpha value is -1.85. The summed E-state index contributed by atoms with van der Waals surface area (Å²) in [6, 6.07) is -0.776. The Morgan fingerprint density at radius 3 is 2.60 bits per heavy atom. The van der Waals surface area contributed by atoms with Crippen molar-refractivity contribution in [1.29, 1.82) is 0 Å². The molecule has 6 heteroatoms. The monoisotopic (exact) mass is 208 g/mol. The average Bonchev–Trinajstić information content (AvgIpc) is 2.73. The van der Waals surface area contributed by atoms with E-state index < -0.39 is 12.0 Å². The van der Waals surface area contributed by atoms with E-state index in [0.717, 1.165) is 17.5 Å². The Bertz CT molecular complexity index is 414. The number of nitrogens with two attached hydrogens (primary N) is 1. The highest BCUT2D eigenvalue weighted by molar-refractivity contribution is 5.90. The maximum absolute atomic E-state index is 11.0. The zero-order valence-electron chi connectivity index (χ0n) is 8.15. The molecule has 1 amide bonds. The molecule has 15 heavy (non-hydrogen) atoms. The standard InChI is InChI=1S/C9H10N3O3/c1-9(2-3-9)6-5(7(13)14)4-11-12(6)8(10)15/h2-3H2,1H3,(H2,10,15)(H,13,14). The molecule has 0 spiro atoms. The number of carboxylic acid groups (broad SMARTS) is 1. The smallest absolute Gasteiger partial charge is 0.339 e. The minimum absolute atomic E-state index is 0.0613. The molecule has 1 radical (unpaired) electrons. The predicted octanol–water partition coefficient (Wildman–Crippen LogP) is 0.360. The number of aromatic carboxylic acids is 1. The second kappa shape index (κ2) is 2.82. The number of carbonyl (C=O) groups excluding carboxylic acids is 1. The van der Waals surface area contributed by atoms with Crippen molar-refractivity contribution in [3.05, 3.63) is 17.5 Å². The van der Waals surface area contributed by atoms with Gasteiger partial charge in [-0.2, -0.15) is 9.78 Å². The van der Waals surface area contributed by atoms with Crippen molar-refractivity contribution >= 4 is 12.0 Å². The number of nitrogens with zero attached hydrogens (tertiary/aromatic N) is 2. The van der Waals surface area contributed by atoms with Crippen LogP contribution in [0.15, 0.2) is 0 Å². The first-order chi connectivity index (χ1) is 6.96. The summed E-state index contributed by atoms with van der Waals surface area (Å²) in [7, 11) is 0. The molecular formula is C9H10N3O3. The van der Waals surface area contributed by atoms with E-state index in [-0.39, 0.29) is 11.0 Å². The van der Waals surface area contributed by atoms with Gasteiger partial charge in [0.2, 0.25) is 0 Å². The second-order valence-corrected chi connectivity index (χ2v) is 3.95. The van der Waals surface area contributed by atoms with Crippen LogP contribution in [0.25, 0.3) is 0 Å². The minimum Gasteiger partial charge on any atom is -0.478 e. The summed E-state index contributed by atoms with van der Waals surface area (Å²) in [6.45, 7) is 1.88. The molecule has 79 valence electrons. The lowest BCUT2D eigenvalue weighted by Gasteiger charge is -2.10. The van der Waals surface area contributed by atoms with Crippen molar-refractivity contribution < 1.29 is 14.7 Å². The lowest BCUT2D eigenvalue weighted by molar-refractivity contribution is 0.0694. The van der Waals surface area contributed by atoms with Gasteiger partial charge in [0.05, 0.1) is 5.69 Å². The van der Waals surface area contributed by atoms with Gasteiger partial charge < -0.3 is 10.8 Å². The Labute approximate surface area is 85.7 Å². The molecule has 0 saturated heterocycles. The van der Waals surface area contributed by atoms with Gasteiger partial charge in [-0.15, -0.1) is 0 Å². The molecule has 1 aliphatic carbocycles. The summed E-state index contributed by atoms with van der Waals surface area (Å²) in [5, 5.41) is 12.5. The molecule has 0 atom stereocenters. The van der Waals surface area contributed by atoms with Crippen molar-refractivity contribution in [3.63, 3.8) is 0 Å². The third-order valence-electron chi connectivity index (χ3n) is 2.70. The summed E-state index contributed by atoms with van der Waals surface area (Å²) in [4.78, 5) is 21.9. The largest absolute Gasteiger partial charge is 0.478 e. The number of amides is 1. The van der Waals surface area contributed by atoms with Crippen LogP contribution in [-0.2, 0) is 5.41 Å². The van der Waals surface area contributed by atoms with Crippen LogP contribution in [0.5, 0.6) is 0 Å². The molecule has 1 aromatic rings. The quantitative estimate of drug-likeness (QED) is 0.733. The number of rotatable bonds is 2. The molecule has 0 bridgehead atoms. The molecule has 6 nitrogen and oxygen atoms in total. The van der Waals surface area contributed by atoms with E-state index >= 15 is 0 Å². The Morgan fingerprint density at radius 1 is 1.60 bits per heavy atom. The lowest BCUT2D eigenvalue weighted by atomic mass is 10.0. The fourth-order valence-corrected chi connectivity index (χ4v) is 1.60. The predicted molar refractivity (Wildman–Crippen MR) is 49.6 cm³/mol. The summed E-state index contributed by atoms with van der Waals surface area (Å²) >= 11 is 0. The van der Waals surface area contributed by atoms with Gasteiger partial charge in [-0.1, -0.05) is 6.92 Å². The van der Waals surface area contributed by atoms with Crippen molar-refractivity contribution in [2.75, 3.05) is 0 Å². The van der Waals surface area contributed by atoms with Gasteiger partial charge in [0, 0.05) is 5.41 Å². The van der Waals surface area contributed by atoms with Gasteiger partial charge in [0.15, 0.2) is 0 Å². The van der Waals surface area contributed by atoms with Gasteiger partial charge in [0.25, 0.3) is 0 Å². The van der Waals surface area contributed by atoms with Crippen molar-refractivity contribution in [3.8, 4) is 0 Å². The number of primary amides is 1. The number of hydrogen-bond acceptors (Lipinski definition) is 3. The van der Waals surface area contributed by atoms with Crippen LogP contribution in [-0.4, -0.2) is 26.9 Å². The number of carbonyl (C=O) groups is 2. The van der Waals surface area contributed by atoms with Gasteiger partial charge in [-0.3, -0.25) is 0 Å². The van der Waals surface area contributed by atoms with Gasteiger partial charge >= 0.3 is 12.0 Å². The van der Waals surface area contributed by atoms with E-state index in [0.29, 0.717) is 5.69 Å². The number of hydrogen-bond donors (Lipinski definition) is 2. The minimum atomic E-state index is -1.13. The van der Waals surface area contributed by atoms with E-state index in [1.54, 1.807) is 0 Å². The Kier molecular flexibility index (Phi) is 1.82. The van der Waals surface area contributed by atoms with Crippen LogP contribution in [0, 0.1) is 6.20 Å². The van der Waals surface area contributed by atoms with Crippen LogP contribution >= 0.6 is 0 Å². The van der Waals surface area contributed by atoms with Gasteiger partial charge in [0.1, 0.15) is 11.8 Å². The molecule has 1 fully saturated rings. The maximum atomic E-state index is 11.0. The summed E-state index contributed by atoms with van der Waals surface area (Å²) < 4.78 is 0.927. The van der Waals surface area contributed by atoms with E-state index in [1.807, 2.05) is 6.92 Å². The second-order valence-electron chi connectivity index (χ2n) is 3.95. The van der Waals surface area contributed by atoms with E-state index in [2.05, 4.69) is 11.3 Å². The first-order valence-electron chi connectivity index (χ1n) is 4.50. The summed E-state index contributed by atoms with van der Waals surface area (Å²) in [6.07, 6.45) is 3.98. The molecule has 1 heterocycles. The number of carboxylic acids is 1. The first kappa shape index (κ1) is 9.70. The highest BCUT2D eigenvalue weighted by Crippen LogP contribution is 2.48. The topological polar surface area (TPSA) is 98.2 Å². The van der Waals surface area contributed by atoms with Crippen LogP contribution in [0.4, 0.5) is 4.79 Å². The molecule has 2 rings (SSSR count). The van der Waals surface area contributed by atoms with Crippen LogP contribution in [0.2, 0.25) is 0 Å². The van der Waals surface area contributed by atoms with Crippen LogP contribution in [0.1, 0.15) is 35.8 Å². The Balaban J connectivity index is 2.59. The molecule has 0 aliphatic heterocycles. The van der Waals surface area contributed by atoms with Crippen molar-refractivity contribution in [2.45, 2.75) is 25.2 Å². The molecule has 3 N–H and O–H groups in total. The Morgan fingerprint density at radius 2 is 2.20 bits per heavy atom. The fraction of sp³-hybridized carbons (Fsp3) is 0.444. The highest BCUT2D eigenvalue weighted by atomic mass is 16.4. The SMILES string of the molecule is CC1(c2c(C(=O)O)[c]nn2C(N)=O)CC1. The number of aromatic nitrogens is 2. The zero-order chi connectivity index (χ0) is 11.2. The van der Waals surface area contributed by atoms with E-state index in [1.165, 1.54) is 0 Å².